The number of hydrogen-bond donors (Lipinski definition) is 0. The molecule has 7 heteroatoms. The summed E-state index contributed by atoms with van der Waals surface area (Å²) in [7, 11) is 1.67. The summed E-state index contributed by atoms with van der Waals surface area (Å²) in [5.74, 6) is -0.489. The quantitative estimate of drug-likeness (QED) is 0.714. The van der Waals surface area contributed by atoms with Crippen molar-refractivity contribution in [1.29, 1.82) is 0 Å². The molecule has 1 rings (SSSR count). The van der Waals surface area contributed by atoms with Crippen LogP contribution in [0, 0.1) is 11.7 Å². The molecule has 0 saturated heterocycles. The molecule has 0 N–H and O–H groups in total. The van der Waals surface area contributed by atoms with Crippen LogP contribution in [0.1, 0.15) is 19.8 Å². The normalized spacial score (nSPS) is 13.3. The lowest BCUT2D eigenvalue weighted by atomic mass is 10.1. The molecule has 0 spiro atoms. The zero-order valence-electron chi connectivity index (χ0n) is 10.4. The lowest BCUT2D eigenvalue weighted by molar-refractivity contribution is 0.253. The molecule has 1 aromatic rings. The van der Waals surface area contributed by atoms with E-state index in [1.165, 1.54) is 12.1 Å². The van der Waals surface area contributed by atoms with E-state index in [1.807, 2.05) is 6.92 Å². The van der Waals surface area contributed by atoms with Crippen LogP contribution in [0.4, 0.5) is 4.39 Å². The highest BCUT2D eigenvalue weighted by Crippen LogP contribution is 2.26. The van der Waals surface area contributed by atoms with Gasteiger partial charge in [-0.3, -0.25) is 0 Å². The highest BCUT2D eigenvalue weighted by Gasteiger charge is 2.17. The van der Waals surface area contributed by atoms with E-state index >= 15 is 0 Å². The molecule has 0 aliphatic rings. The Labute approximate surface area is 122 Å². The van der Waals surface area contributed by atoms with Gasteiger partial charge in [0.25, 0.3) is 0 Å². The maximum absolute atomic E-state index is 12.9. The van der Waals surface area contributed by atoms with Gasteiger partial charge in [0.15, 0.2) is 0 Å². The van der Waals surface area contributed by atoms with E-state index in [1.54, 1.807) is 0 Å². The van der Waals surface area contributed by atoms with Gasteiger partial charge in [-0.1, -0.05) is 24.9 Å². The van der Waals surface area contributed by atoms with Crippen molar-refractivity contribution in [3.05, 3.63) is 29.0 Å². The molecule has 0 bridgehead atoms. The molecule has 108 valence electrons. The Morgan fingerprint density at radius 1 is 1.42 bits per heavy atom. The Balaban J connectivity index is 2.65. The van der Waals surface area contributed by atoms with Crippen molar-refractivity contribution < 1.29 is 17.5 Å². The van der Waals surface area contributed by atoms with E-state index in [-0.39, 0.29) is 23.3 Å². The Bertz CT molecular complexity index is 520. The monoisotopic (exact) mass is 328 g/mol. The maximum atomic E-state index is 12.9. The molecule has 0 aliphatic carbocycles. The summed E-state index contributed by atoms with van der Waals surface area (Å²) in [5.41, 5.74) is 0. The van der Waals surface area contributed by atoms with Crippen LogP contribution in [-0.4, -0.2) is 20.8 Å². The van der Waals surface area contributed by atoms with E-state index in [0.29, 0.717) is 12.2 Å². The summed E-state index contributed by atoms with van der Waals surface area (Å²) in [6.07, 6.45) is 1.49. The van der Waals surface area contributed by atoms with Crippen LogP contribution in [0.5, 0.6) is 5.75 Å². The summed E-state index contributed by atoms with van der Waals surface area (Å²) in [6, 6.07) is 3.79. The molecule has 0 aromatic heterocycles. The fourth-order valence-corrected chi connectivity index (χ4v) is 3.29. The smallest absolute Gasteiger partial charge is 0.232 e. The maximum Gasteiger partial charge on any atom is 0.232 e. The molecule has 0 aliphatic heterocycles. The number of hydrogen-bond acceptors (Lipinski definition) is 3. The van der Waals surface area contributed by atoms with Crippen LogP contribution in [0.25, 0.3) is 0 Å². The average Bonchev–Trinajstić information content (AvgIpc) is 2.26. The Kier molecular flexibility index (Phi) is 6.36. The third-order valence-electron chi connectivity index (χ3n) is 2.50. The van der Waals surface area contributed by atoms with E-state index in [4.69, 9.17) is 27.0 Å². The van der Waals surface area contributed by atoms with E-state index in [9.17, 15) is 12.8 Å². The number of rotatable bonds is 7. The summed E-state index contributed by atoms with van der Waals surface area (Å²) in [6.45, 7) is 2.11. The summed E-state index contributed by atoms with van der Waals surface area (Å²) >= 11 is 5.81. The van der Waals surface area contributed by atoms with Crippen LogP contribution in [0.3, 0.4) is 0 Å². The van der Waals surface area contributed by atoms with E-state index < -0.39 is 14.9 Å². The highest BCUT2D eigenvalue weighted by atomic mass is 35.7. The van der Waals surface area contributed by atoms with Gasteiger partial charge in [0.05, 0.1) is 17.4 Å². The van der Waals surface area contributed by atoms with Crippen LogP contribution >= 0.6 is 22.3 Å². The Hall–Kier alpha value is -0.520. The van der Waals surface area contributed by atoms with Crippen LogP contribution in [-0.2, 0) is 9.05 Å². The van der Waals surface area contributed by atoms with Crippen molar-refractivity contribution in [2.75, 3.05) is 12.4 Å². The highest BCUT2D eigenvalue weighted by molar-refractivity contribution is 8.13. The van der Waals surface area contributed by atoms with Gasteiger partial charge in [-0.15, -0.1) is 0 Å². The van der Waals surface area contributed by atoms with Crippen molar-refractivity contribution in [2.45, 2.75) is 19.8 Å². The number of benzene rings is 1. The van der Waals surface area contributed by atoms with Gasteiger partial charge in [-0.2, -0.15) is 0 Å². The zero-order chi connectivity index (χ0) is 14.5. The van der Waals surface area contributed by atoms with Crippen molar-refractivity contribution in [3.63, 3.8) is 0 Å². The number of ether oxygens (including phenoxy) is 1. The molecular formula is C12H15Cl2FO3S. The van der Waals surface area contributed by atoms with E-state index in [2.05, 4.69) is 0 Å². The first-order chi connectivity index (χ1) is 8.81. The third kappa shape index (κ3) is 6.45. The van der Waals surface area contributed by atoms with Gasteiger partial charge >= 0.3 is 0 Å². The molecule has 0 radical (unpaired) electrons. The first-order valence-electron chi connectivity index (χ1n) is 5.82. The lowest BCUT2D eigenvalue weighted by Crippen LogP contribution is -2.19. The van der Waals surface area contributed by atoms with Gasteiger partial charge in [0.1, 0.15) is 11.6 Å². The second-order valence-electron chi connectivity index (χ2n) is 4.25. The molecular weight excluding hydrogens is 314 g/mol. The van der Waals surface area contributed by atoms with Gasteiger partial charge < -0.3 is 4.74 Å². The predicted octanol–water partition coefficient (Wildman–Crippen LogP) is 3.84. The summed E-state index contributed by atoms with van der Waals surface area (Å²) in [4.78, 5) is 0. The molecule has 1 unspecified atom stereocenters. The molecule has 1 atom stereocenters. The summed E-state index contributed by atoms with van der Waals surface area (Å²) < 4.78 is 40.4. The minimum absolute atomic E-state index is 0.152. The minimum atomic E-state index is -3.57. The molecule has 3 nitrogen and oxygen atoms in total. The first-order valence-corrected chi connectivity index (χ1v) is 8.67. The Morgan fingerprint density at radius 2 is 2.11 bits per heavy atom. The molecule has 1 aromatic carbocycles. The first kappa shape index (κ1) is 16.5. The largest absolute Gasteiger partial charge is 0.492 e. The van der Waals surface area contributed by atoms with Crippen LogP contribution < -0.4 is 4.74 Å². The van der Waals surface area contributed by atoms with Crippen LogP contribution in [0.2, 0.25) is 5.02 Å². The van der Waals surface area contributed by atoms with Crippen molar-refractivity contribution in [1.82, 2.24) is 0 Å². The van der Waals surface area contributed by atoms with Gasteiger partial charge in [-0.05, 0) is 24.6 Å². The molecule has 0 fully saturated rings. The topological polar surface area (TPSA) is 43.4 Å². The second-order valence-corrected chi connectivity index (χ2v) is 7.47. The summed E-state index contributed by atoms with van der Waals surface area (Å²) in [5, 5.41) is 0.156. The average molecular weight is 329 g/mol. The van der Waals surface area contributed by atoms with Crippen LogP contribution in [0.15, 0.2) is 18.2 Å². The van der Waals surface area contributed by atoms with Crippen molar-refractivity contribution >= 4 is 31.3 Å². The SMILES string of the molecule is CCCC(COc1ccc(F)cc1Cl)CS(=O)(=O)Cl. The predicted molar refractivity (Wildman–Crippen MR) is 74.9 cm³/mol. The van der Waals surface area contributed by atoms with Crippen molar-refractivity contribution in [3.8, 4) is 5.75 Å². The van der Waals surface area contributed by atoms with Gasteiger partial charge in [0, 0.05) is 16.6 Å². The lowest BCUT2D eigenvalue weighted by Gasteiger charge is -2.16. The second kappa shape index (κ2) is 7.31. The number of halogens is 3. The zero-order valence-corrected chi connectivity index (χ0v) is 12.7. The van der Waals surface area contributed by atoms with Crippen molar-refractivity contribution in [2.24, 2.45) is 5.92 Å². The minimum Gasteiger partial charge on any atom is -0.492 e. The molecule has 19 heavy (non-hydrogen) atoms. The van der Waals surface area contributed by atoms with Gasteiger partial charge in [0.2, 0.25) is 9.05 Å². The van der Waals surface area contributed by atoms with Gasteiger partial charge in [-0.25, -0.2) is 12.8 Å². The third-order valence-corrected chi connectivity index (χ3v) is 4.04. The fraction of sp³-hybridized carbons (Fsp3) is 0.500. The Morgan fingerprint density at radius 3 is 2.63 bits per heavy atom. The molecule has 0 heterocycles. The fourth-order valence-electron chi connectivity index (χ4n) is 1.70. The van der Waals surface area contributed by atoms with E-state index in [0.717, 1.165) is 12.5 Å². The molecule has 0 amide bonds. The standard InChI is InChI=1S/C12H15Cl2FO3S/c1-2-3-9(8-19(14,16)17)7-18-12-5-4-10(15)6-11(12)13/h4-6,9H,2-3,7-8H2,1H3. The molecule has 0 saturated carbocycles.